The summed E-state index contributed by atoms with van der Waals surface area (Å²) in [6, 6.07) is 16.8. The molecule has 1 amide bonds. The van der Waals surface area contributed by atoms with E-state index in [1.807, 2.05) is 30.3 Å². The number of benzene rings is 2. The molecule has 0 aliphatic rings. The van der Waals surface area contributed by atoms with E-state index in [0.29, 0.717) is 23.6 Å². The zero-order valence-corrected chi connectivity index (χ0v) is 16.4. The lowest BCUT2D eigenvalue weighted by atomic mass is 10.1. The molecule has 4 rings (SSSR count). The molecular formula is C22H20N4O4. The Morgan fingerprint density at radius 2 is 1.90 bits per heavy atom. The summed E-state index contributed by atoms with van der Waals surface area (Å²) in [5.41, 5.74) is 2.00. The molecule has 0 aliphatic heterocycles. The van der Waals surface area contributed by atoms with Gasteiger partial charge in [-0.25, -0.2) is 4.98 Å². The second kappa shape index (κ2) is 8.60. The van der Waals surface area contributed by atoms with E-state index in [0.717, 1.165) is 5.56 Å². The number of aromatic nitrogens is 3. The summed E-state index contributed by atoms with van der Waals surface area (Å²) < 4.78 is 11.8. The zero-order chi connectivity index (χ0) is 20.9. The van der Waals surface area contributed by atoms with Crippen LogP contribution < -0.4 is 15.6 Å². The second-order valence-corrected chi connectivity index (χ2v) is 6.70. The van der Waals surface area contributed by atoms with Gasteiger partial charge in [0.2, 0.25) is 5.91 Å². The zero-order valence-electron chi connectivity index (χ0n) is 16.4. The van der Waals surface area contributed by atoms with E-state index < -0.39 is 0 Å². The fraction of sp³-hybridized carbons (Fsp3) is 0.182. The van der Waals surface area contributed by atoms with Crippen LogP contribution in [-0.2, 0) is 17.9 Å². The molecule has 152 valence electrons. The van der Waals surface area contributed by atoms with E-state index in [2.05, 4.69) is 15.5 Å². The Labute approximate surface area is 172 Å². The summed E-state index contributed by atoms with van der Waals surface area (Å²) in [6.45, 7) is 0.648. The number of nitrogens with zero attached hydrogens (tertiary/aromatic N) is 3. The van der Waals surface area contributed by atoms with Crippen molar-refractivity contribution in [2.45, 2.75) is 19.5 Å². The average Bonchev–Trinajstić information content (AvgIpc) is 3.23. The molecule has 0 saturated heterocycles. The molecule has 8 heteroatoms. The molecule has 2 aromatic carbocycles. The maximum absolute atomic E-state index is 13.0. The van der Waals surface area contributed by atoms with Crippen molar-refractivity contribution in [2.75, 3.05) is 7.11 Å². The number of methoxy groups -OCH3 is 1. The average molecular weight is 404 g/mol. The number of carbonyl (C=O) groups is 1. The Morgan fingerprint density at radius 3 is 2.63 bits per heavy atom. The summed E-state index contributed by atoms with van der Waals surface area (Å²) in [5.74, 6) is 0.551. The van der Waals surface area contributed by atoms with Crippen LogP contribution in [0.1, 0.15) is 12.0 Å². The van der Waals surface area contributed by atoms with Crippen LogP contribution in [0.15, 0.2) is 70.2 Å². The van der Waals surface area contributed by atoms with Gasteiger partial charge in [0.1, 0.15) is 23.2 Å². The molecule has 0 fully saturated rings. The first kappa shape index (κ1) is 19.4. The van der Waals surface area contributed by atoms with E-state index in [4.69, 9.17) is 9.26 Å². The smallest absolute Gasteiger partial charge is 0.266 e. The van der Waals surface area contributed by atoms with Crippen molar-refractivity contribution < 1.29 is 14.1 Å². The molecule has 0 spiro atoms. The van der Waals surface area contributed by atoms with E-state index in [1.54, 1.807) is 31.4 Å². The molecule has 0 aliphatic carbocycles. The van der Waals surface area contributed by atoms with Gasteiger partial charge in [0, 0.05) is 25.1 Å². The summed E-state index contributed by atoms with van der Waals surface area (Å²) >= 11 is 0. The quantitative estimate of drug-likeness (QED) is 0.509. The SMILES string of the molecule is COc1ccc(-c2noc3ncn(CCC(=O)NCc4ccccc4)c(=O)c23)cc1. The minimum absolute atomic E-state index is 0.147. The third-order valence-corrected chi connectivity index (χ3v) is 4.74. The molecule has 0 unspecified atom stereocenters. The molecule has 30 heavy (non-hydrogen) atoms. The molecule has 8 nitrogen and oxygen atoms in total. The van der Waals surface area contributed by atoms with Crippen LogP contribution in [0.3, 0.4) is 0 Å². The number of hydrogen-bond donors (Lipinski definition) is 1. The second-order valence-electron chi connectivity index (χ2n) is 6.70. The molecule has 2 aromatic heterocycles. The Morgan fingerprint density at radius 1 is 1.13 bits per heavy atom. The van der Waals surface area contributed by atoms with Crippen LogP contribution in [0.2, 0.25) is 0 Å². The highest BCUT2D eigenvalue weighted by Crippen LogP contribution is 2.26. The lowest BCUT2D eigenvalue weighted by molar-refractivity contribution is -0.121. The lowest BCUT2D eigenvalue weighted by Crippen LogP contribution is -2.27. The Balaban J connectivity index is 1.50. The number of amides is 1. The van der Waals surface area contributed by atoms with Gasteiger partial charge in [-0.3, -0.25) is 14.2 Å². The Hall–Kier alpha value is -3.94. The number of carbonyl (C=O) groups excluding carboxylic acids is 1. The summed E-state index contributed by atoms with van der Waals surface area (Å²) in [5, 5.41) is 7.15. The highest BCUT2D eigenvalue weighted by atomic mass is 16.5. The summed E-state index contributed by atoms with van der Waals surface area (Å²) in [7, 11) is 1.58. The summed E-state index contributed by atoms with van der Waals surface area (Å²) in [6.07, 6.45) is 1.53. The van der Waals surface area contributed by atoms with Crippen molar-refractivity contribution in [1.29, 1.82) is 0 Å². The molecule has 4 aromatic rings. The van der Waals surface area contributed by atoms with Crippen molar-refractivity contribution in [2.24, 2.45) is 0 Å². The Kier molecular flexibility index (Phi) is 5.56. The Bertz CT molecular complexity index is 1210. The predicted octanol–water partition coefficient (Wildman–Crippen LogP) is 2.77. The number of nitrogens with one attached hydrogen (secondary N) is 1. The van der Waals surface area contributed by atoms with Crippen LogP contribution in [0.4, 0.5) is 0 Å². The number of aryl methyl sites for hydroxylation is 1. The van der Waals surface area contributed by atoms with Gasteiger partial charge >= 0.3 is 0 Å². The summed E-state index contributed by atoms with van der Waals surface area (Å²) in [4.78, 5) is 29.3. The van der Waals surface area contributed by atoms with Gasteiger partial charge in [-0.15, -0.1) is 0 Å². The van der Waals surface area contributed by atoms with Crippen molar-refractivity contribution >= 4 is 17.0 Å². The lowest BCUT2D eigenvalue weighted by Gasteiger charge is -2.07. The largest absolute Gasteiger partial charge is 0.497 e. The first-order chi connectivity index (χ1) is 14.7. The molecular weight excluding hydrogens is 384 g/mol. The maximum atomic E-state index is 13.0. The van der Waals surface area contributed by atoms with E-state index >= 15 is 0 Å². The van der Waals surface area contributed by atoms with E-state index in [-0.39, 0.29) is 35.5 Å². The number of fused-ring (bicyclic) bond motifs is 1. The number of hydrogen-bond acceptors (Lipinski definition) is 6. The van der Waals surface area contributed by atoms with Gasteiger partial charge in [0.15, 0.2) is 0 Å². The molecule has 0 atom stereocenters. The van der Waals surface area contributed by atoms with Crippen molar-refractivity contribution in [3.05, 3.63) is 76.8 Å². The van der Waals surface area contributed by atoms with E-state index in [1.165, 1.54) is 10.9 Å². The van der Waals surface area contributed by atoms with Gasteiger partial charge in [0.25, 0.3) is 11.3 Å². The fourth-order valence-corrected chi connectivity index (χ4v) is 3.09. The van der Waals surface area contributed by atoms with Crippen molar-refractivity contribution in [1.82, 2.24) is 20.0 Å². The van der Waals surface area contributed by atoms with Crippen LogP contribution in [0.25, 0.3) is 22.4 Å². The molecule has 0 radical (unpaired) electrons. The van der Waals surface area contributed by atoms with Gasteiger partial charge in [-0.2, -0.15) is 0 Å². The molecule has 0 saturated carbocycles. The van der Waals surface area contributed by atoms with Gasteiger partial charge < -0.3 is 14.6 Å². The van der Waals surface area contributed by atoms with Gasteiger partial charge in [0.05, 0.1) is 7.11 Å². The van der Waals surface area contributed by atoms with Crippen LogP contribution in [0, 0.1) is 0 Å². The van der Waals surface area contributed by atoms with Crippen LogP contribution in [0.5, 0.6) is 5.75 Å². The monoisotopic (exact) mass is 404 g/mol. The molecule has 2 heterocycles. The van der Waals surface area contributed by atoms with E-state index in [9.17, 15) is 9.59 Å². The normalized spacial score (nSPS) is 10.8. The molecule has 0 bridgehead atoms. The number of ether oxygens (including phenoxy) is 1. The fourth-order valence-electron chi connectivity index (χ4n) is 3.09. The topological polar surface area (TPSA) is 99.2 Å². The van der Waals surface area contributed by atoms with Crippen molar-refractivity contribution in [3.63, 3.8) is 0 Å². The maximum Gasteiger partial charge on any atom is 0.266 e. The minimum Gasteiger partial charge on any atom is -0.497 e. The first-order valence-electron chi connectivity index (χ1n) is 9.45. The van der Waals surface area contributed by atoms with Gasteiger partial charge in [-0.1, -0.05) is 35.5 Å². The highest BCUT2D eigenvalue weighted by molar-refractivity contribution is 5.88. The van der Waals surface area contributed by atoms with Gasteiger partial charge in [-0.05, 0) is 29.8 Å². The van der Waals surface area contributed by atoms with Crippen molar-refractivity contribution in [3.8, 4) is 17.0 Å². The standard InChI is InChI=1S/C22H20N4O4/c1-29-17-9-7-16(8-10-17)20-19-21(30-25-20)24-14-26(22(19)28)12-11-18(27)23-13-15-5-3-2-4-6-15/h2-10,14H,11-13H2,1H3,(H,23,27). The number of rotatable bonds is 7. The first-order valence-corrected chi connectivity index (χ1v) is 9.45. The molecule has 1 N–H and O–H groups in total. The minimum atomic E-state index is -0.303. The highest BCUT2D eigenvalue weighted by Gasteiger charge is 2.17. The third kappa shape index (κ3) is 4.07. The predicted molar refractivity (Wildman–Crippen MR) is 111 cm³/mol. The van der Waals surface area contributed by atoms with Crippen LogP contribution in [-0.4, -0.2) is 27.7 Å². The van der Waals surface area contributed by atoms with Crippen LogP contribution >= 0.6 is 0 Å². The third-order valence-electron chi connectivity index (χ3n) is 4.74.